The second-order valence-electron chi connectivity index (χ2n) is 14.4. The Kier molecular flexibility index (Phi) is 13.1. The van der Waals surface area contributed by atoms with Gasteiger partial charge in [-0.3, -0.25) is 9.54 Å². The molecule has 1 aliphatic rings. The molecule has 1 saturated carbocycles. The Morgan fingerprint density at radius 2 is 1.25 bits per heavy atom. The lowest BCUT2D eigenvalue weighted by Crippen LogP contribution is -2.58. The van der Waals surface area contributed by atoms with Crippen molar-refractivity contribution in [2.24, 2.45) is 10.2 Å². The smallest absolute Gasteiger partial charge is 0.245 e. The molecule has 0 aliphatic heterocycles. The number of likely N-dealkylation sites (N-methyl/N-ethyl adjacent to an activating group) is 1. The van der Waals surface area contributed by atoms with E-state index in [0.717, 1.165) is 64.4 Å². The number of rotatable bonds is 12. The predicted octanol–water partition coefficient (Wildman–Crippen LogP) is 7.04. The number of carbonyl (C=O) groups is 1. The fourth-order valence-electron chi connectivity index (χ4n) is 6.83. The van der Waals surface area contributed by atoms with Gasteiger partial charge in [0, 0.05) is 29.5 Å². The maximum atomic E-state index is 13.9. The minimum absolute atomic E-state index is 0.00570. The first kappa shape index (κ1) is 38.9. The number of nitrogens with one attached hydrogen (secondary N) is 2. The number of carbonyl (C=O) groups excluding carboxylic acids is 1. The van der Waals surface area contributed by atoms with Crippen LogP contribution in [0.15, 0.2) is 108 Å². The first-order valence-electron chi connectivity index (χ1n) is 17.9. The highest BCUT2D eigenvalue weighted by atomic mass is 32.1. The van der Waals surface area contributed by atoms with Crippen LogP contribution in [0.2, 0.25) is 0 Å². The fourth-order valence-corrected chi connectivity index (χ4v) is 10.9. The molecule has 0 unspecified atom stereocenters. The number of ether oxygens (including phenoxy) is 3. The van der Waals surface area contributed by atoms with Gasteiger partial charge in [-0.25, -0.2) is 0 Å². The zero-order chi connectivity index (χ0) is 37.3. The van der Waals surface area contributed by atoms with Crippen molar-refractivity contribution in [2.45, 2.75) is 71.1 Å². The molecular formula is C42H53N4O4PS. The maximum Gasteiger partial charge on any atom is 0.245 e. The Balaban J connectivity index is 1.53. The molecule has 4 aromatic rings. The zero-order valence-corrected chi connectivity index (χ0v) is 33.2. The van der Waals surface area contributed by atoms with Crippen molar-refractivity contribution in [1.29, 1.82) is 0 Å². The second kappa shape index (κ2) is 17.5. The number of benzene rings is 4. The first-order valence-corrected chi connectivity index (χ1v) is 20.0. The minimum Gasteiger partial charge on any atom is -0.497 e. The SMILES string of the molecule is COc1ccc(P(=N[C@@H]2CCCC[C@H]2NC(=S)N[C@H](C(=O)N(C)Cc2ccccc2)C(C)(C)C)(c2ccc(OC)cc2)c2ccc(OC)cc2)cc1. The number of thiocarbonyl (C=S) groups is 1. The van der Waals surface area contributed by atoms with Gasteiger partial charge in [0.15, 0.2) is 5.11 Å². The highest BCUT2D eigenvalue weighted by Crippen LogP contribution is 2.49. The molecule has 52 heavy (non-hydrogen) atoms. The van der Waals surface area contributed by atoms with E-state index < -0.39 is 13.1 Å². The molecule has 0 saturated heterocycles. The Bertz CT molecular complexity index is 1710. The lowest BCUT2D eigenvalue weighted by molar-refractivity contribution is -0.134. The topological polar surface area (TPSA) is 84.4 Å². The van der Waals surface area contributed by atoms with Crippen molar-refractivity contribution >= 4 is 46.2 Å². The molecule has 1 amide bonds. The molecule has 5 rings (SSSR count). The van der Waals surface area contributed by atoms with Gasteiger partial charge in [-0.05, 0) is 109 Å². The summed E-state index contributed by atoms with van der Waals surface area (Å²) in [5.41, 5.74) is 0.692. The average Bonchev–Trinajstić information content (AvgIpc) is 3.16. The molecule has 1 fully saturated rings. The van der Waals surface area contributed by atoms with Crippen molar-refractivity contribution in [3.63, 3.8) is 0 Å². The molecule has 276 valence electrons. The zero-order valence-electron chi connectivity index (χ0n) is 31.5. The van der Waals surface area contributed by atoms with E-state index in [4.69, 9.17) is 31.2 Å². The minimum atomic E-state index is -2.62. The van der Waals surface area contributed by atoms with Gasteiger partial charge in [0.2, 0.25) is 5.91 Å². The van der Waals surface area contributed by atoms with Crippen molar-refractivity contribution in [2.75, 3.05) is 28.4 Å². The van der Waals surface area contributed by atoms with Crippen LogP contribution < -0.4 is 40.8 Å². The summed E-state index contributed by atoms with van der Waals surface area (Å²) in [6, 6.07) is 34.4. The van der Waals surface area contributed by atoms with Gasteiger partial charge < -0.3 is 29.7 Å². The number of hydrogen-bond donors (Lipinski definition) is 2. The molecule has 0 spiro atoms. The molecule has 0 aromatic heterocycles. The van der Waals surface area contributed by atoms with Crippen molar-refractivity contribution in [3.05, 3.63) is 109 Å². The molecular weight excluding hydrogens is 688 g/mol. The van der Waals surface area contributed by atoms with Crippen molar-refractivity contribution < 1.29 is 19.0 Å². The van der Waals surface area contributed by atoms with Crippen LogP contribution in [0.4, 0.5) is 0 Å². The molecule has 2 N–H and O–H groups in total. The Labute approximate surface area is 315 Å². The Morgan fingerprint density at radius 1 is 0.788 bits per heavy atom. The lowest BCUT2D eigenvalue weighted by Gasteiger charge is -2.37. The molecule has 0 radical (unpaired) electrons. The van der Waals surface area contributed by atoms with E-state index >= 15 is 0 Å². The molecule has 0 bridgehead atoms. The van der Waals surface area contributed by atoms with Gasteiger partial charge in [0.1, 0.15) is 23.3 Å². The summed E-state index contributed by atoms with van der Waals surface area (Å²) >= 11 is 6.01. The maximum absolute atomic E-state index is 13.9. The average molecular weight is 741 g/mol. The molecule has 10 heteroatoms. The molecule has 1 aliphatic carbocycles. The molecule has 0 heterocycles. The summed E-state index contributed by atoms with van der Waals surface area (Å²) in [7, 11) is 4.29. The van der Waals surface area contributed by atoms with Crippen LogP contribution >= 0.6 is 19.3 Å². The highest BCUT2D eigenvalue weighted by Gasteiger charge is 2.36. The summed E-state index contributed by atoms with van der Waals surface area (Å²) in [5, 5.41) is 10.9. The van der Waals surface area contributed by atoms with Crippen LogP contribution in [0.25, 0.3) is 0 Å². The summed E-state index contributed by atoms with van der Waals surface area (Å²) < 4.78 is 22.7. The van der Waals surface area contributed by atoms with Crippen LogP contribution in [0, 0.1) is 5.41 Å². The molecule has 8 nitrogen and oxygen atoms in total. The van der Waals surface area contributed by atoms with E-state index in [0.29, 0.717) is 11.7 Å². The number of hydrogen-bond acceptors (Lipinski definition) is 6. The molecule has 3 atom stereocenters. The van der Waals surface area contributed by atoms with E-state index in [1.807, 2.05) is 73.8 Å². The van der Waals surface area contributed by atoms with Gasteiger partial charge in [-0.2, -0.15) is 0 Å². The predicted molar refractivity (Wildman–Crippen MR) is 218 cm³/mol. The van der Waals surface area contributed by atoms with Crippen LogP contribution in [-0.2, 0) is 11.3 Å². The normalized spacial score (nSPS) is 16.6. The van der Waals surface area contributed by atoms with E-state index in [2.05, 4.69) is 67.8 Å². The van der Waals surface area contributed by atoms with Crippen LogP contribution in [0.5, 0.6) is 17.2 Å². The van der Waals surface area contributed by atoms with Gasteiger partial charge in [0.05, 0.1) is 40.5 Å². The van der Waals surface area contributed by atoms with E-state index in [9.17, 15) is 4.79 Å². The van der Waals surface area contributed by atoms with E-state index in [1.165, 1.54) is 0 Å². The van der Waals surface area contributed by atoms with Crippen LogP contribution in [-0.4, -0.2) is 62.4 Å². The largest absolute Gasteiger partial charge is 0.497 e. The van der Waals surface area contributed by atoms with Gasteiger partial charge in [-0.1, -0.05) is 63.9 Å². The number of methoxy groups -OCH3 is 3. The Morgan fingerprint density at radius 3 is 1.69 bits per heavy atom. The quantitative estimate of drug-likeness (QED) is 0.119. The summed E-state index contributed by atoms with van der Waals surface area (Å²) in [4.78, 5) is 15.7. The number of amides is 1. The lowest BCUT2D eigenvalue weighted by atomic mass is 9.85. The van der Waals surface area contributed by atoms with Crippen LogP contribution in [0.1, 0.15) is 52.0 Å². The van der Waals surface area contributed by atoms with E-state index in [-0.39, 0.29) is 23.4 Å². The summed E-state index contributed by atoms with van der Waals surface area (Å²) in [6.07, 6.45) is 3.94. The van der Waals surface area contributed by atoms with Crippen molar-refractivity contribution in [3.8, 4) is 17.2 Å². The summed E-state index contributed by atoms with van der Waals surface area (Å²) in [5.74, 6) is 2.36. The fraction of sp³-hybridized carbons (Fsp3) is 0.381. The van der Waals surface area contributed by atoms with Crippen molar-refractivity contribution in [1.82, 2.24) is 15.5 Å². The molecule has 4 aromatic carbocycles. The van der Waals surface area contributed by atoms with E-state index in [1.54, 1.807) is 26.2 Å². The van der Waals surface area contributed by atoms with Gasteiger partial charge in [0.25, 0.3) is 0 Å². The second-order valence-corrected chi connectivity index (χ2v) is 17.9. The summed E-state index contributed by atoms with van der Waals surface area (Å²) in [6.45, 7) is 6.72. The third-order valence-corrected chi connectivity index (χ3v) is 13.7. The third kappa shape index (κ3) is 9.17. The Hall–Kier alpha value is -4.33. The van der Waals surface area contributed by atoms with Gasteiger partial charge in [-0.15, -0.1) is 0 Å². The standard InChI is InChI=1S/C42H53N4O4PS/c1-42(2,3)39(40(47)46(4)29-30-13-9-8-10-14-30)44-41(52)43-37-15-11-12-16-38(37)45-51(34-23-17-31(48-5)18-24-34,35-25-19-32(49-6)20-26-35)36-27-21-33(50-7)22-28-36/h8-10,13-14,17-28,37-39H,11-12,15-16,29H2,1-7H3,(H2,43,44,52)/t37-,38-,39-/m1/s1. The highest BCUT2D eigenvalue weighted by molar-refractivity contribution is 7.87. The first-order chi connectivity index (χ1) is 25.0. The number of nitrogens with zero attached hydrogens (tertiary/aromatic N) is 2. The monoisotopic (exact) mass is 740 g/mol. The van der Waals surface area contributed by atoms with Gasteiger partial charge >= 0.3 is 0 Å². The third-order valence-electron chi connectivity index (χ3n) is 9.73. The van der Waals surface area contributed by atoms with Crippen LogP contribution in [0.3, 0.4) is 0 Å².